The van der Waals surface area contributed by atoms with Gasteiger partial charge in [0, 0.05) is 42.3 Å². The minimum absolute atomic E-state index is 0.861. The van der Waals surface area contributed by atoms with Crippen molar-refractivity contribution in [1.82, 2.24) is 9.97 Å². The normalized spacial score (nSPS) is 17.8. The average Bonchev–Trinajstić information content (AvgIpc) is 3.08. The molecule has 0 aromatic carbocycles. The highest BCUT2D eigenvalue weighted by atomic mass is 28.3. The second kappa shape index (κ2) is 20.5. The van der Waals surface area contributed by atoms with Crippen molar-refractivity contribution < 1.29 is 0 Å². The number of hydrogen-bond acceptors (Lipinski definition) is 2. The largest absolute Gasteiger partial charge is 0.265 e. The summed E-state index contributed by atoms with van der Waals surface area (Å²) in [6.07, 6.45) is 33.3. The first-order valence-electron chi connectivity index (χ1n) is 18.1. The Bertz CT molecular complexity index is 1150. The molecule has 0 saturated heterocycles. The molecule has 2 nitrogen and oxygen atoms in total. The minimum atomic E-state index is -1.64. The maximum atomic E-state index is 5.21. The highest BCUT2D eigenvalue weighted by Gasteiger charge is 2.23. The zero-order valence-electron chi connectivity index (χ0n) is 29.1. The van der Waals surface area contributed by atoms with E-state index in [0.29, 0.717) is 0 Å². The van der Waals surface area contributed by atoms with Gasteiger partial charge in [0.05, 0.1) is 0 Å². The predicted octanol–water partition coefficient (Wildman–Crippen LogP) is 9.61. The predicted molar refractivity (Wildman–Crippen MR) is 201 cm³/mol. The summed E-state index contributed by atoms with van der Waals surface area (Å²) in [4.78, 5) is 8.95. The SMILES string of the molecule is C#CCC1CCCCC1.C[Si](C)(C#CCC1CCCCC1)c1ccccn1.C[Si](C)(C#CCC1CCCCC1)c1ccccn1. The molecule has 3 fully saturated rings. The van der Waals surface area contributed by atoms with Crippen LogP contribution in [0.4, 0.5) is 0 Å². The maximum Gasteiger partial charge on any atom is 0.184 e. The third kappa shape index (κ3) is 14.6. The van der Waals surface area contributed by atoms with E-state index in [4.69, 9.17) is 6.42 Å². The van der Waals surface area contributed by atoms with E-state index in [1.807, 2.05) is 24.5 Å². The van der Waals surface area contributed by atoms with Crippen LogP contribution in [0.5, 0.6) is 0 Å². The van der Waals surface area contributed by atoms with Gasteiger partial charge >= 0.3 is 0 Å². The summed E-state index contributed by atoms with van der Waals surface area (Å²) in [7, 11) is -3.27. The molecule has 0 radical (unpaired) electrons. The van der Waals surface area contributed by atoms with Crippen molar-refractivity contribution in [3.8, 4) is 35.3 Å². The molecule has 0 amide bonds. The maximum absolute atomic E-state index is 5.21. The molecule has 242 valence electrons. The zero-order chi connectivity index (χ0) is 32.2. The molecule has 0 bridgehead atoms. The molecule has 0 aliphatic heterocycles. The van der Waals surface area contributed by atoms with Crippen LogP contribution in [0, 0.1) is 53.0 Å². The summed E-state index contributed by atoms with van der Waals surface area (Å²) in [5, 5.41) is 2.42. The monoisotopic (exact) mass is 636 g/mol. The van der Waals surface area contributed by atoms with E-state index in [-0.39, 0.29) is 0 Å². The number of pyridine rings is 2. The second-order valence-electron chi connectivity index (χ2n) is 14.6. The fourth-order valence-electron chi connectivity index (χ4n) is 6.77. The first kappa shape index (κ1) is 36.9. The molecule has 5 rings (SSSR count). The summed E-state index contributed by atoms with van der Waals surface area (Å²) >= 11 is 0. The van der Waals surface area contributed by atoms with Crippen LogP contribution in [-0.2, 0) is 0 Å². The lowest BCUT2D eigenvalue weighted by molar-refractivity contribution is 0.365. The molecule has 3 aliphatic carbocycles. The third-order valence-electron chi connectivity index (χ3n) is 9.77. The van der Waals surface area contributed by atoms with Gasteiger partial charge in [0.15, 0.2) is 16.1 Å². The standard InChI is InChI=1S/2C16H23NSi.C9H14/c2*1-18(2,16-12-6-7-13-17-16)14-8-11-15-9-4-3-5-10-15;1-2-6-9-7-4-3-5-8-9/h2*6-7,12-13,15H,3-5,9-11H2,1-2H3;1,9H,3-8H2. The van der Waals surface area contributed by atoms with Crippen molar-refractivity contribution in [2.75, 3.05) is 0 Å². The first-order valence-corrected chi connectivity index (χ1v) is 24.1. The Labute approximate surface area is 279 Å². The van der Waals surface area contributed by atoms with Gasteiger partial charge in [-0.05, 0) is 80.5 Å². The van der Waals surface area contributed by atoms with Gasteiger partial charge in [-0.15, -0.1) is 35.3 Å². The molecule has 2 aromatic rings. The van der Waals surface area contributed by atoms with E-state index < -0.39 is 16.1 Å². The van der Waals surface area contributed by atoms with E-state index in [1.54, 1.807) is 0 Å². The number of aromatic nitrogens is 2. The molecule has 0 atom stereocenters. The van der Waals surface area contributed by atoms with Crippen LogP contribution in [-0.4, -0.2) is 26.1 Å². The fraction of sp³-hybridized carbons (Fsp3) is 0.610. The van der Waals surface area contributed by atoms with E-state index in [0.717, 1.165) is 37.0 Å². The lowest BCUT2D eigenvalue weighted by atomic mass is 9.87. The molecule has 2 heterocycles. The Hall–Kier alpha value is -2.59. The van der Waals surface area contributed by atoms with Crippen molar-refractivity contribution in [2.45, 2.75) is 142 Å². The van der Waals surface area contributed by atoms with Gasteiger partial charge < -0.3 is 0 Å². The average molecular weight is 637 g/mol. The molecule has 3 aliphatic rings. The number of rotatable bonds is 5. The highest BCUT2D eigenvalue weighted by Crippen LogP contribution is 2.27. The van der Waals surface area contributed by atoms with Crippen LogP contribution in [0.3, 0.4) is 0 Å². The molecule has 4 heteroatoms. The molecular formula is C41H60N2Si2. The lowest BCUT2D eigenvalue weighted by Gasteiger charge is -2.19. The van der Waals surface area contributed by atoms with E-state index >= 15 is 0 Å². The smallest absolute Gasteiger partial charge is 0.184 e. The quantitative estimate of drug-likeness (QED) is 0.241. The first-order chi connectivity index (χ1) is 21.8. The summed E-state index contributed by atoms with van der Waals surface area (Å²) in [6, 6.07) is 12.3. The van der Waals surface area contributed by atoms with Gasteiger partial charge in [0.25, 0.3) is 0 Å². The van der Waals surface area contributed by atoms with Gasteiger partial charge in [-0.2, -0.15) is 0 Å². The van der Waals surface area contributed by atoms with Gasteiger partial charge in [-0.1, -0.05) is 96.1 Å². The van der Waals surface area contributed by atoms with Crippen molar-refractivity contribution in [3.05, 3.63) is 48.8 Å². The number of hydrogen-bond donors (Lipinski definition) is 0. The van der Waals surface area contributed by atoms with Gasteiger partial charge in [-0.3, -0.25) is 9.97 Å². The Morgan fingerprint density at radius 3 is 1.22 bits per heavy atom. The summed E-state index contributed by atoms with van der Waals surface area (Å²) < 4.78 is 0. The van der Waals surface area contributed by atoms with Crippen LogP contribution < -0.4 is 10.6 Å². The number of nitrogens with zero attached hydrogens (tertiary/aromatic N) is 2. The molecular weight excluding hydrogens is 577 g/mol. The molecule has 45 heavy (non-hydrogen) atoms. The zero-order valence-corrected chi connectivity index (χ0v) is 31.1. The van der Waals surface area contributed by atoms with Crippen molar-refractivity contribution in [3.63, 3.8) is 0 Å². The molecule has 2 aromatic heterocycles. The molecule has 0 unspecified atom stereocenters. The fourth-order valence-corrected chi connectivity index (χ4v) is 9.93. The van der Waals surface area contributed by atoms with E-state index in [2.05, 4.69) is 89.3 Å². The molecule has 3 saturated carbocycles. The van der Waals surface area contributed by atoms with Crippen molar-refractivity contribution >= 4 is 26.8 Å². The van der Waals surface area contributed by atoms with Crippen LogP contribution in [0.2, 0.25) is 26.2 Å². The van der Waals surface area contributed by atoms with Crippen molar-refractivity contribution in [1.29, 1.82) is 0 Å². The Kier molecular flexibility index (Phi) is 16.8. The van der Waals surface area contributed by atoms with E-state index in [9.17, 15) is 0 Å². The van der Waals surface area contributed by atoms with Crippen LogP contribution in [0.25, 0.3) is 0 Å². The molecule has 0 N–H and O–H groups in total. The van der Waals surface area contributed by atoms with Crippen molar-refractivity contribution in [2.24, 2.45) is 17.8 Å². The summed E-state index contributed by atoms with van der Waals surface area (Å²) in [6.45, 7) is 9.18. The Morgan fingerprint density at radius 2 is 0.911 bits per heavy atom. The molecule has 0 spiro atoms. The topological polar surface area (TPSA) is 25.8 Å². The minimum Gasteiger partial charge on any atom is -0.265 e. The second-order valence-corrected chi connectivity index (χ2v) is 22.6. The highest BCUT2D eigenvalue weighted by molar-refractivity contribution is 6.96. The summed E-state index contributed by atoms with van der Waals surface area (Å²) in [5.74, 6) is 12.3. The van der Waals surface area contributed by atoms with Crippen LogP contribution >= 0.6 is 0 Å². The van der Waals surface area contributed by atoms with Crippen LogP contribution in [0.15, 0.2) is 48.8 Å². The lowest BCUT2D eigenvalue weighted by Crippen LogP contribution is -2.42. The third-order valence-corrected chi connectivity index (χ3v) is 14.5. The Balaban J connectivity index is 0.000000195. The van der Waals surface area contributed by atoms with Gasteiger partial charge in [0.1, 0.15) is 0 Å². The van der Waals surface area contributed by atoms with Gasteiger partial charge in [0.2, 0.25) is 0 Å². The van der Waals surface area contributed by atoms with Crippen LogP contribution in [0.1, 0.15) is 116 Å². The van der Waals surface area contributed by atoms with Gasteiger partial charge in [-0.25, -0.2) is 0 Å². The summed E-state index contributed by atoms with van der Waals surface area (Å²) in [5.41, 5.74) is 7.10. The Morgan fingerprint density at radius 1 is 0.556 bits per heavy atom. The van der Waals surface area contributed by atoms with E-state index in [1.165, 1.54) is 107 Å². The number of terminal acetylenes is 1.